The summed E-state index contributed by atoms with van der Waals surface area (Å²) in [5, 5.41) is 20.8. The van der Waals surface area contributed by atoms with Crippen LogP contribution in [0.5, 0.6) is 17.2 Å². The second-order valence-electron chi connectivity index (χ2n) is 8.91. The molecule has 3 nitrogen and oxygen atoms in total. The number of aromatic hydroxyl groups is 2. The molecule has 27 heavy (non-hydrogen) atoms. The van der Waals surface area contributed by atoms with Gasteiger partial charge in [0.1, 0.15) is 22.8 Å². The van der Waals surface area contributed by atoms with Gasteiger partial charge in [0.25, 0.3) is 0 Å². The standard InChI is InChI=1S/C24H32O3/c1-6-7-8-9-12-23(2,3)16-13-20(26)22-18-15-17(25)10-11-19(18)24(4,5)27-21(22)14-16/h10-11,13-15,25-26H,6-9,12H2,1-5H3. The van der Waals surface area contributed by atoms with Gasteiger partial charge >= 0.3 is 0 Å². The van der Waals surface area contributed by atoms with Crippen molar-refractivity contribution in [1.82, 2.24) is 0 Å². The molecule has 0 aliphatic carbocycles. The number of benzene rings is 2. The summed E-state index contributed by atoms with van der Waals surface area (Å²) in [6.45, 7) is 10.7. The van der Waals surface area contributed by atoms with Gasteiger partial charge in [0.15, 0.2) is 0 Å². The number of unbranched alkanes of at least 4 members (excludes halogenated alkanes) is 3. The Hall–Kier alpha value is -2.16. The van der Waals surface area contributed by atoms with E-state index in [-0.39, 0.29) is 16.9 Å². The minimum absolute atomic E-state index is 0.0349. The highest BCUT2D eigenvalue weighted by molar-refractivity contribution is 5.82. The lowest BCUT2D eigenvalue weighted by molar-refractivity contribution is 0.105. The molecule has 2 aromatic rings. The molecule has 0 saturated carbocycles. The van der Waals surface area contributed by atoms with Crippen LogP contribution >= 0.6 is 0 Å². The molecule has 0 amide bonds. The molecule has 0 spiro atoms. The monoisotopic (exact) mass is 368 g/mol. The zero-order valence-corrected chi connectivity index (χ0v) is 17.2. The Labute approximate surface area is 163 Å². The van der Waals surface area contributed by atoms with Crippen LogP contribution in [0.3, 0.4) is 0 Å². The van der Waals surface area contributed by atoms with E-state index in [0.29, 0.717) is 11.3 Å². The van der Waals surface area contributed by atoms with Crippen molar-refractivity contribution in [2.75, 3.05) is 0 Å². The second kappa shape index (κ2) is 7.10. The van der Waals surface area contributed by atoms with Crippen molar-refractivity contribution < 1.29 is 14.9 Å². The van der Waals surface area contributed by atoms with Gasteiger partial charge in [-0.1, -0.05) is 52.5 Å². The Bertz CT molecular complexity index is 834. The summed E-state index contributed by atoms with van der Waals surface area (Å²) in [6.07, 6.45) is 6.00. The summed E-state index contributed by atoms with van der Waals surface area (Å²) < 4.78 is 6.30. The maximum Gasteiger partial charge on any atom is 0.132 e. The van der Waals surface area contributed by atoms with Crippen molar-refractivity contribution >= 4 is 0 Å². The molecular formula is C24H32O3. The zero-order chi connectivity index (χ0) is 19.8. The lowest BCUT2D eigenvalue weighted by Gasteiger charge is -2.36. The van der Waals surface area contributed by atoms with Crippen LogP contribution in [-0.4, -0.2) is 10.2 Å². The Balaban J connectivity index is 2.02. The molecule has 1 heterocycles. The molecule has 0 aromatic heterocycles. The summed E-state index contributed by atoms with van der Waals surface area (Å²) in [7, 11) is 0. The summed E-state index contributed by atoms with van der Waals surface area (Å²) in [6, 6.07) is 9.20. The summed E-state index contributed by atoms with van der Waals surface area (Å²) in [5.74, 6) is 1.10. The van der Waals surface area contributed by atoms with Gasteiger partial charge in [-0.15, -0.1) is 0 Å². The first-order valence-electron chi connectivity index (χ1n) is 10.1. The fourth-order valence-electron chi connectivity index (χ4n) is 4.07. The molecule has 3 heteroatoms. The van der Waals surface area contributed by atoms with Crippen LogP contribution in [-0.2, 0) is 11.0 Å². The third-order valence-electron chi connectivity index (χ3n) is 5.80. The van der Waals surface area contributed by atoms with Crippen LogP contribution < -0.4 is 4.74 Å². The first kappa shape index (κ1) is 19.6. The Morgan fingerprint density at radius 3 is 2.44 bits per heavy atom. The molecule has 0 bridgehead atoms. The third kappa shape index (κ3) is 3.78. The molecular weight excluding hydrogens is 336 g/mol. The van der Waals surface area contributed by atoms with Gasteiger partial charge in [-0.2, -0.15) is 0 Å². The van der Waals surface area contributed by atoms with Crippen molar-refractivity contribution in [1.29, 1.82) is 0 Å². The highest BCUT2D eigenvalue weighted by atomic mass is 16.5. The number of hydrogen-bond acceptors (Lipinski definition) is 3. The number of hydrogen-bond donors (Lipinski definition) is 2. The minimum atomic E-state index is -0.521. The van der Waals surface area contributed by atoms with E-state index in [1.807, 2.05) is 26.0 Å². The van der Waals surface area contributed by atoms with E-state index >= 15 is 0 Å². The van der Waals surface area contributed by atoms with E-state index in [1.165, 1.54) is 25.7 Å². The highest BCUT2D eigenvalue weighted by Crippen LogP contribution is 2.51. The van der Waals surface area contributed by atoms with Gasteiger partial charge in [0.2, 0.25) is 0 Å². The topological polar surface area (TPSA) is 49.7 Å². The lowest BCUT2D eigenvalue weighted by Crippen LogP contribution is -2.29. The molecule has 0 saturated heterocycles. The molecule has 0 atom stereocenters. The molecule has 3 rings (SSSR count). The molecule has 1 aliphatic rings. The van der Waals surface area contributed by atoms with Crippen LogP contribution in [0, 0.1) is 0 Å². The van der Waals surface area contributed by atoms with Crippen molar-refractivity contribution in [2.24, 2.45) is 0 Å². The van der Waals surface area contributed by atoms with E-state index in [4.69, 9.17) is 4.74 Å². The molecule has 0 radical (unpaired) electrons. The minimum Gasteiger partial charge on any atom is -0.508 e. The number of ether oxygens (including phenoxy) is 1. The largest absolute Gasteiger partial charge is 0.508 e. The number of phenols is 2. The predicted octanol–water partition coefficient (Wildman–Crippen LogP) is 6.64. The predicted molar refractivity (Wildman–Crippen MR) is 111 cm³/mol. The van der Waals surface area contributed by atoms with Crippen LogP contribution in [0.15, 0.2) is 30.3 Å². The number of fused-ring (bicyclic) bond motifs is 3. The first-order valence-corrected chi connectivity index (χ1v) is 10.1. The van der Waals surface area contributed by atoms with Gasteiger partial charge in [0, 0.05) is 5.56 Å². The Kier molecular flexibility index (Phi) is 5.16. The van der Waals surface area contributed by atoms with Gasteiger partial charge < -0.3 is 14.9 Å². The maximum atomic E-state index is 10.9. The van der Waals surface area contributed by atoms with Crippen molar-refractivity contribution in [3.8, 4) is 28.4 Å². The van der Waals surface area contributed by atoms with Crippen LogP contribution in [0.25, 0.3) is 11.1 Å². The van der Waals surface area contributed by atoms with Crippen molar-refractivity contribution in [2.45, 2.75) is 77.7 Å². The number of rotatable bonds is 6. The third-order valence-corrected chi connectivity index (χ3v) is 5.80. The SMILES string of the molecule is CCCCCCC(C)(C)c1cc(O)c2c(c1)OC(C)(C)c1ccc(O)cc1-2. The fourth-order valence-corrected chi connectivity index (χ4v) is 4.07. The maximum absolute atomic E-state index is 10.9. The normalized spacial score (nSPS) is 15.0. The summed E-state index contributed by atoms with van der Waals surface area (Å²) >= 11 is 0. The Morgan fingerprint density at radius 1 is 1.00 bits per heavy atom. The first-order chi connectivity index (χ1) is 12.7. The van der Waals surface area contributed by atoms with Crippen LogP contribution in [0.2, 0.25) is 0 Å². The van der Waals surface area contributed by atoms with Gasteiger partial charge in [-0.05, 0) is 61.1 Å². The van der Waals surface area contributed by atoms with E-state index in [9.17, 15) is 10.2 Å². The molecule has 2 aromatic carbocycles. The van der Waals surface area contributed by atoms with Crippen LogP contribution in [0.4, 0.5) is 0 Å². The average Bonchev–Trinajstić information content (AvgIpc) is 2.57. The van der Waals surface area contributed by atoms with Crippen LogP contribution in [0.1, 0.15) is 77.8 Å². The molecule has 0 unspecified atom stereocenters. The molecule has 2 N–H and O–H groups in total. The van der Waals surface area contributed by atoms with E-state index < -0.39 is 5.60 Å². The van der Waals surface area contributed by atoms with E-state index in [2.05, 4.69) is 26.8 Å². The number of phenolic OH excluding ortho intramolecular Hbond substituents is 2. The van der Waals surface area contributed by atoms with E-state index in [0.717, 1.165) is 23.1 Å². The van der Waals surface area contributed by atoms with Gasteiger partial charge in [0.05, 0.1) is 5.56 Å². The zero-order valence-electron chi connectivity index (χ0n) is 17.2. The molecule has 0 fully saturated rings. The quantitative estimate of drug-likeness (QED) is 0.562. The molecule has 1 aliphatic heterocycles. The summed E-state index contributed by atoms with van der Waals surface area (Å²) in [5.41, 5.74) is 3.01. The lowest BCUT2D eigenvalue weighted by atomic mass is 9.78. The van der Waals surface area contributed by atoms with Gasteiger partial charge in [-0.3, -0.25) is 0 Å². The second-order valence-corrected chi connectivity index (χ2v) is 8.91. The highest BCUT2D eigenvalue weighted by Gasteiger charge is 2.35. The average molecular weight is 369 g/mol. The van der Waals surface area contributed by atoms with Crippen molar-refractivity contribution in [3.63, 3.8) is 0 Å². The van der Waals surface area contributed by atoms with Crippen molar-refractivity contribution in [3.05, 3.63) is 41.5 Å². The van der Waals surface area contributed by atoms with Gasteiger partial charge in [-0.25, -0.2) is 0 Å². The smallest absolute Gasteiger partial charge is 0.132 e. The summed E-state index contributed by atoms with van der Waals surface area (Å²) in [4.78, 5) is 0. The molecule has 146 valence electrons. The fraction of sp³-hybridized carbons (Fsp3) is 0.500. The Morgan fingerprint density at radius 2 is 1.74 bits per heavy atom. The van der Waals surface area contributed by atoms with E-state index in [1.54, 1.807) is 12.1 Å².